The number of amides is 1. The smallest absolute Gasteiger partial charge is 0.262 e. The Morgan fingerprint density at radius 3 is 2.75 bits per heavy atom. The van der Waals surface area contributed by atoms with Crippen LogP contribution in [0.15, 0.2) is 26.8 Å². The van der Waals surface area contributed by atoms with Crippen LogP contribution in [0.4, 0.5) is 0 Å². The highest BCUT2D eigenvalue weighted by Gasteiger charge is 2.10. The molecule has 0 bridgehead atoms. The Hall–Kier alpha value is -1.54. The van der Waals surface area contributed by atoms with E-state index in [1.165, 1.54) is 6.08 Å². The van der Waals surface area contributed by atoms with Crippen LogP contribution in [0.25, 0.3) is 6.08 Å². The molecular formula is C11H11BrN2O2. The summed E-state index contributed by atoms with van der Waals surface area (Å²) in [5, 5.41) is 11.5. The summed E-state index contributed by atoms with van der Waals surface area (Å²) in [6, 6.07) is 5.20. The van der Waals surface area contributed by atoms with Crippen molar-refractivity contribution in [2.24, 2.45) is 0 Å². The fourth-order valence-electron chi connectivity index (χ4n) is 1.04. The van der Waals surface area contributed by atoms with E-state index in [1.54, 1.807) is 12.1 Å². The van der Waals surface area contributed by atoms with Gasteiger partial charge in [0.05, 0.1) is 0 Å². The van der Waals surface area contributed by atoms with E-state index in [2.05, 4.69) is 21.2 Å². The third kappa shape index (κ3) is 3.55. The topological polar surface area (TPSA) is 66.0 Å². The SMILES string of the molecule is CC(C)NC(=O)C(C#N)=Cc1ccc(Br)o1. The maximum absolute atomic E-state index is 11.5. The number of carbonyl (C=O) groups excluding carboxylic acids is 1. The van der Waals surface area contributed by atoms with Crippen LogP contribution in [0.5, 0.6) is 0 Å². The molecule has 0 atom stereocenters. The lowest BCUT2D eigenvalue weighted by Gasteiger charge is -2.06. The largest absolute Gasteiger partial charge is 0.450 e. The van der Waals surface area contributed by atoms with Crippen LogP contribution >= 0.6 is 15.9 Å². The molecule has 5 heteroatoms. The van der Waals surface area contributed by atoms with E-state index in [1.807, 2.05) is 19.9 Å². The van der Waals surface area contributed by atoms with Crippen LogP contribution in [0, 0.1) is 11.3 Å². The maximum atomic E-state index is 11.5. The normalized spacial score (nSPS) is 11.3. The Labute approximate surface area is 102 Å². The first-order valence-corrected chi connectivity index (χ1v) is 5.50. The molecule has 84 valence electrons. The second-order valence-electron chi connectivity index (χ2n) is 3.44. The van der Waals surface area contributed by atoms with Crippen LogP contribution in [0.2, 0.25) is 0 Å². The highest BCUT2D eigenvalue weighted by atomic mass is 79.9. The molecule has 1 rings (SSSR count). The van der Waals surface area contributed by atoms with E-state index in [9.17, 15) is 4.79 Å². The number of nitriles is 1. The van der Waals surface area contributed by atoms with Gasteiger partial charge in [0.2, 0.25) is 0 Å². The number of hydrogen-bond donors (Lipinski definition) is 1. The van der Waals surface area contributed by atoms with Crippen LogP contribution < -0.4 is 5.32 Å². The van der Waals surface area contributed by atoms with E-state index < -0.39 is 5.91 Å². The van der Waals surface area contributed by atoms with Crippen LogP contribution in [-0.2, 0) is 4.79 Å². The minimum Gasteiger partial charge on any atom is -0.450 e. The van der Waals surface area contributed by atoms with E-state index in [-0.39, 0.29) is 11.6 Å². The van der Waals surface area contributed by atoms with Crippen LogP contribution in [0.1, 0.15) is 19.6 Å². The summed E-state index contributed by atoms with van der Waals surface area (Å²) in [5.41, 5.74) is 0.0237. The van der Waals surface area contributed by atoms with Crippen molar-refractivity contribution in [3.05, 3.63) is 28.1 Å². The minimum atomic E-state index is -0.398. The summed E-state index contributed by atoms with van der Waals surface area (Å²) in [5.74, 6) is 0.0624. The summed E-state index contributed by atoms with van der Waals surface area (Å²) in [7, 11) is 0. The molecule has 0 spiro atoms. The van der Waals surface area contributed by atoms with Crippen molar-refractivity contribution in [1.29, 1.82) is 5.26 Å². The molecule has 1 heterocycles. The summed E-state index contributed by atoms with van der Waals surface area (Å²) in [4.78, 5) is 11.5. The molecule has 4 nitrogen and oxygen atoms in total. The van der Waals surface area contributed by atoms with Gasteiger partial charge in [0, 0.05) is 12.1 Å². The van der Waals surface area contributed by atoms with Crippen molar-refractivity contribution in [1.82, 2.24) is 5.32 Å². The minimum absolute atomic E-state index is 0.00686. The molecule has 16 heavy (non-hydrogen) atoms. The van der Waals surface area contributed by atoms with Gasteiger partial charge in [-0.1, -0.05) is 0 Å². The van der Waals surface area contributed by atoms with Gasteiger partial charge in [-0.3, -0.25) is 4.79 Å². The highest BCUT2D eigenvalue weighted by molar-refractivity contribution is 9.10. The number of carbonyl (C=O) groups is 1. The maximum Gasteiger partial charge on any atom is 0.262 e. The second kappa shape index (κ2) is 5.52. The summed E-state index contributed by atoms with van der Waals surface area (Å²) < 4.78 is 5.74. The van der Waals surface area contributed by atoms with Crippen molar-refractivity contribution < 1.29 is 9.21 Å². The highest BCUT2D eigenvalue weighted by Crippen LogP contribution is 2.16. The first kappa shape index (κ1) is 12.5. The quantitative estimate of drug-likeness (QED) is 0.684. The number of nitrogens with one attached hydrogen (secondary N) is 1. The van der Waals surface area contributed by atoms with E-state index >= 15 is 0 Å². The monoisotopic (exact) mass is 282 g/mol. The molecule has 0 radical (unpaired) electrons. The molecule has 0 aliphatic heterocycles. The molecule has 0 fully saturated rings. The third-order valence-corrected chi connectivity index (χ3v) is 2.09. The van der Waals surface area contributed by atoms with E-state index in [0.717, 1.165) is 0 Å². The zero-order valence-corrected chi connectivity index (χ0v) is 10.5. The number of halogens is 1. The standard InChI is InChI=1S/C11H11BrN2O2/c1-7(2)14-11(15)8(6-13)5-9-3-4-10(12)16-9/h3-5,7H,1-2H3,(H,14,15). The van der Waals surface area contributed by atoms with Crippen molar-refractivity contribution in [3.63, 3.8) is 0 Å². The summed E-state index contributed by atoms with van der Waals surface area (Å²) in [6.45, 7) is 3.66. The van der Waals surface area contributed by atoms with Gasteiger partial charge in [-0.15, -0.1) is 0 Å². The fraction of sp³-hybridized carbons (Fsp3) is 0.273. The van der Waals surface area contributed by atoms with Gasteiger partial charge in [-0.05, 0) is 41.9 Å². The third-order valence-electron chi connectivity index (χ3n) is 1.67. The van der Waals surface area contributed by atoms with Gasteiger partial charge < -0.3 is 9.73 Å². The van der Waals surface area contributed by atoms with Crippen LogP contribution in [-0.4, -0.2) is 11.9 Å². The number of nitrogens with zero attached hydrogens (tertiary/aromatic N) is 1. The number of hydrogen-bond acceptors (Lipinski definition) is 3. The van der Waals surface area contributed by atoms with Gasteiger partial charge >= 0.3 is 0 Å². The van der Waals surface area contributed by atoms with Gasteiger partial charge in [0.15, 0.2) is 4.67 Å². The molecule has 0 aliphatic rings. The van der Waals surface area contributed by atoms with Crippen LogP contribution in [0.3, 0.4) is 0 Å². The van der Waals surface area contributed by atoms with E-state index in [0.29, 0.717) is 10.4 Å². The molecule has 0 saturated heterocycles. The average Bonchev–Trinajstić information content (AvgIpc) is 2.59. The lowest BCUT2D eigenvalue weighted by atomic mass is 10.2. The summed E-state index contributed by atoms with van der Waals surface area (Å²) >= 11 is 3.14. The van der Waals surface area contributed by atoms with Crippen molar-refractivity contribution >= 4 is 27.9 Å². The first-order valence-electron chi connectivity index (χ1n) is 4.71. The zero-order valence-electron chi connectivity index (χ0n) is 8.95. The number of furan rings is 1. The predicted molar refractivity (Wildman–Crippen MR) is 63.3 cm³/mol. The van der Waals surface area contributed by atoms with Crippen molar-refractivity contribution in [2.45, 2.75) is 19.9 Å². The number of rotatable bonds is 3. The Morgan fingerprint density at radius 2 is 2.31 bits per heavy atom. The molecule has 0 aliphatic carbocycles. The Morgan fingerprint density at radius 1 is 1.62 bits per heavy atom. The lowest BCUT2D eigenvalue weighted by molar-refractivity contribution is -0.117. The Balaban J connectivity index is 2.87. The van der Waals surface area contributed by atoms with Gasteiger partial charge in [0.1, 0.15) is 17.4 Å². The second-order valence-corrected chi connectivity index (χ2v) is 4.22. The molecule has 1 N–H and O–H groups in total. The van der Waals surface area contributed by atoms with Gasteiger partial charge in [-0.25, -0.2) is 0 Å². The molecule has 0 aromatic carbocycles. The molecule has 1 amide bonds. The molecular weight excluding hydrogens is 272 g/mol. The lowest BCUT2D eigenvalue weighted by Crippen LogP contribution is -2.30. The molecule has 1 aromatic rings. The zero-order chi connectivity index (χ0) is 12.1. The van der Waals surface area contributed by atoms with Crippen molar-refractivity contribution in [3.8, 4) is 6.07 Å². The first-order chi connectivity index (χ1) is 7.52. The predicted octanol–water partition coefficient (Wildman–Crippen LogP) is 2.47. The Bertz CT molecular complexity index is 455. The molecule has 0 saturated carbocycles. The van der Waals surface area contributed by atoms with Crippen molar-refractivity contribution in [2.75, 3.05) is 0 Å². The van der Waals surface area contributed by atoms with Gasteiger partial charge in [0.25, 0.3) is 5.91 Å². The molecule has 1 aromatic heterocycles. The van der Waals surface area contributed by atoms with Gasteiger partial charge in [-0.2, -0.15) is 5.26 Å². The Kier molecular flexibility index (Phi) is 4.32. The average molecular weight is 283 g/mol. The molecule has 0 unspecified atom stereocenters. The fourth-order valence-corrected chi connectivity index (χ4v) is 1.36. The van der Waals surface area contributed by atoms with E-state index in [4.69, 9.17) is 9.68 Å². The summed E-state index contributed by atoms with van der Waals surface area (Å²) in [6.07, 6.45) is 1.41.